The van der Waals surface area contributed by atoms with E-state index in [0.29, 0.717) is 0 Å². The molecule has 1 fully saturated rings. The topological polar surface area (TPSA) is 51.5 Å². The van der Waals surface area contributed by atoms with Crippen LogP contribution in [0.25, 0.3) is 5.32 Å². The first-order chi connectivity index (χ1) is 5.41. The Balaban J connectivity index is 0.00000144. The van der Waals surface area contributed by atoms with Crippen LogP contribution in [0.3, 0.4) is 0 Å². The molecule has 0 bridgehead atoms. The summed E-state index contributed by atoms with van der Waals surface area (Å²) in [7, 11) is 0. The van der Waals surface area contributed by atoms with E-state index < -0.39 is 0 Å². The summed E-state index contributed by atoms with van der Waals surface area (Å²) in [5, 5.41) is 3.54. The summed E-state index contributed by atoms with van der Waals surface area (Å²) < 4.78 is 0. The number of piperazine rings is 1. The van der Waals surface area contributed by atoms with Crippen LogP contribution < -0.4 is 58.2 Å². The van der Waals surface area contributed by atoms with Crippen molar-refractivity contribution in [1.29, 1.82) is 0 Å². The van der Waals surface area contributed by atoms with Crippen LogP contribution in [0.1, 0.15) is 20.8 Å². The van der Waals surface area contributed by atoms with Gasteiger partial charge in [-0.05, 0) is 27.3 Å². The molecule has 4 nitrogen and oxygen atoms in total. The second-order valence-electron chi connectivity index (χ2n) is 3.86. The minimum absolute atomic E-state index is 0. The van der Waals surface area contributed by atoms with Gasteiger partial charge in [0.1, 0.15) is 0 Å². The molecule has 0 saturated carbocycles. The van der Waals surface area contributed by atoms with E-state index in [1.165, 1.54) is 0 Å². The van der Waals surface area contributed by atoms with Crippen molar-refractivity contribution in [3.63, 3.8) is 0 Å². The van der Waals surface area contributed by atoms with Crippen molar-refractivity contribution in [3.05, 3.63) is 5.32 Å². The maximum Gasteiger partial charge on any atom is 1.00 e. The molecule has 0 aromatic carbocycles. The number of carbonyl (C=O) groups is 2. The molecule has 5 heteroatoms. The van der Waals surface area contributed by atoms with Gasteiger partial charge < -0.3 is 15.0 Å². The first kappa shape index (κ1) is 13.7. The van der Waals surface area contributed by atoms with Crippen molar-refractivity contribution in [1.82, 2.24) is 4.90 Å². The van der Waals surface area contributed by atoms with E-state index in [-0.39, 0.29) is 88.6 Å². The molecule has 0 radical (unpaired) electrons. The molecule has 0 N–H and O–H groups in total. The summed E-state index contributed by atoms with van der Waals surface area (Å²) in [6.07, 6.45) is 0. The van der Waals surface area contributed by atoms with Gasteiger partial charge in [-0.3, -0.25) is 4.79 Å². The van der Waals surface area contributed by atoms with Gasteiger partial charge in [0.2, 0.25) is 5.91 Å². The Labute approximate surface area is 127 Å². The fourth-order valence-electron chi connectivity index (χ4n) is 1.13. The Bertz CT molecular complexity index is 223. The van der Waals surface area contributed by atoms with E-state index in [1.807, 2.05) is 20.8 Å². The van der Waals surface area contributed by atoms with Crippen LogP contribution >= 0.6 is 0 Å². The normalized spacial score (nSPS) is 17.9. The minimum Gasteiger partial charge on any atom is -0.644 e. The maximum absolute atomic E-state index is 11.3. The van der Waals surface area contributed by atoms with Crippen LogP contribution in [0.2, 0.25) is 0 Å². The average molecular weight is 255 g/mol. The molecule has 2 amide bonds. The summed E-state index contributed by atoms with van der Waals surface area (Å²) in [4.78, 5) is 23.7. The molecule has 68 valence electrons. The van der Waals surface area contributed by atoms with Crippen LogP contribution in [-0.4, -0.2) is 35.3 Å². The summed E-state index contributed by atoms with van der Waals surface area (Å²) in [5.74, 6) is -0.272. The van der Waals surface area contributed by atoms with Gasteiger partial charge in [-0.1, -0.05) is 0 Å². The average Bonchev–Trinajstić information content (AvgIpc) is 1.92. The molecule has 0 aromatic heterocycles. The maximum atomic E-state index is 11.3. The molecule has 1 saturated heterocycles. The molecule has 0 atom stereocenters. The van der Waals surface area contributed by atoms with Crippen LogP contribution in [0.5, 0.6) is 0 Å². The minimum atomic E-state index is -0.275. The van der Waals surface area contributed by atoms with Gasteiger partial charge in [-0.15, -0.1) is 0 Å². The van der Waals surface area contributed by atoms with Gasteiger partial charge in [0, 0.05) is 5.54 Å². The van der Waals surface area contributed by atoms with Crippen molar-refractivity contribution in [2.75, 3.05) is 13.1 Å². The molecule has 0 unspecified atom stereocenters. The summed E-state index contributed by atoms with van der Waals surface area (Å²) in [6, 6.07) is 0. The van der Waals surface area contributed by atoms with Gasteiger partial charge in [0.15, 0.2) is 0 Å². The Morgan fingerprint density at radius 2 is 1.85 bits per heavy atom. The zero-order valence-electron chi connectivity index (χ0n) is 8.63. The van der Waals surface area contributed by atoms with Gasteiger partial charge in [-0.2, -0.15) is 0 Å². The number of carbonyl (C=O) groups excluding carboxylic acids is 2. The van der Waals surface area contributed by atoms with E-state index in [9.17, 15) is 9.59 Å². The van der Waals surface area contributed by atoms with Crippen LogP contribution in [-0.2, 0) is 9.59 Å². The van der Waals surface area contributed by atoms with Gasteiger partial charge >= 0.3 is 58.2 Å². The number of hydrogen-bond donors (Lipinski definition) is 0. The van der Waals surface area contributed by atoms with E-state index >= 15 is 0 Å². The molecule has 0 aliphatic carbocycles. The van der Waals surface area contributed by atoms with E-state index in [1.54, 1.807) is 4.90 Å². The van der Waals surface area contributed by atoms with Gasteiger partial charge in [0.05, 0.1) is 12.5 Å². The standard InChI is InChI=1S/C8H14N2O2.Rb/c1-8(2,3)10-5-6(11)9-4-7(10)12;/h4-5H2,1-3H3,(H,9,11);/q;+1/p-1. The van der Waals surface area contributed by atoms with Crippen molar-refractivity contribution < 1.29 is 67.8 Å². The first-order valence-electron chi connectivity index (χ1n) is 3.92. The monoisotopic (exact) mass is 254 g/mol. The van der Waals surface area contributed by atoms with Crippen molar-refractivity contribution in [2.24, 2.45) is 0 Å². The molecule has 1 rings (SSSR count). The molecule has 0 spiro atoms. The molecule has 0 aromatic rings. The van der Waals surface area contributed by atoms with Crippen molar-refractivity contribution in [3.8, 4) is 0 Å². The largest absolute Gasteiger partial charge is 1.00 e. The number of rotatable bonds is 0. The second kappa shape index (κ2) is 5.00. The smallest absolute Gasteiger partial charge is 0.644 e. The van der Waals surface area contributed by atoms with Gasteiger partial charge in [-0.25, -0.2) is 0 Å². The van der Waals surface area contributed by atoms with Crippen molar-refractivity contribution >= 4 is 11.8 Å². The Morgan fingerprint density at radius 1 is 1.31 bits per heavy atom. The van der Waals surface area contributed by atoms with Gasteiger partial charge in [0.25, 0.3) is 0 Å². The summed E-state index contributed by atoms with van der Waals surface area (Å²) >= 11 is 0. The molecular formula is C8H13N2O2Rb. The quantitative estimate of drug-likeness (QED) is 0.481. The third-order valence-electron chi connectivity index (χ3n) is 1.79. The molecule has 1 aliphatic heterocycles. The Morgan fingerprint density at radius 3 is 2.23 bits per heavy atom. The van der Waals surface area contributed by atoms with E-state index in [2.05, 4.69) is 5.32 Å². The first-order valence-corrected chi connectivity index (χ1v) is 3.92. The number of hydrogen-bond acceptors (Lipinski definition) is 2. The van der Waals surface area contributed by atoms with Crippen LogP contribution in [0, 0.1) is 0 Å². The molecule has 1 aliphatic rings. The predicted molar refractivity (Wildman–Crippen MR) is 44.7 cm³/mol. The zero-order valence-corrected chi connectivity index (χ0v) is 13.5. The second-order valence-corrected chi connectivity index (χ2v) is 3.86. The third-order valence-corrected chi connectivity index (χ3v) is 1.79. The molecule has 1 heterocycles. The van der Waals surface area contributed by atoms with E-state index in [4.69, 9.17) is 0 Å². The number of nitrogens with zero attached hydrogens (tertiary/aromatic N) is 2. The molecule has 13 heavy (non-hydrogen) atoms. The van der Waals surface area contributed by atoms with Crippen molar-refractivity contribution in [2.45, 2.75) is 26.3 Å². The predicted octanol–water partition coefficient (Wildman–Crippen LogP) is -2.47. The zero-order chi connectivity index (χ0) is 9.35. The Hall–Kier alpha value is 0.745. The van der Waals surface area contributed by atoms with E-state index in [0.717, 1.165) is 0 Å². The fourth-order valence-corrected chi connectivity index (χ4v) is 1.13. The molecular weight excluding hydrogens is 242 g/mol. The summed E-state index contributed by atoms with van der Waals surface area (Å²) in [6.45, 7) is 5.86. The van der Waals surface area contributed by atoms with Crippen LogP contribution in [0.15, 0.2) is 0 Å². The SMILES string of the molecule is CC(C)(C)N1CC(=O)[N-]CC1=O.[Rb+]. The number of amides is 2. The van der Waals surface area contributed by atoms with Crippen LogP contribution in [0.4, 0.5) is 0 Å². The fraction of sp³-hybridized carbons (Fsp3) is 0.750. The summed E-state index contributed by atoms with van der Waals surface area (Å²) in [5.41, 5.74) is -0.275. The Kier molecular flexibility index (Phi) is 5.29. The third kappa shape index (κ3) is 3.77.